The minimum atomic E-state index is -5.06. The van der Waals surface area contributed by atoms with Gasteiger partial charge in [0.2, 0.25) is 0 Å². The van der Waals surface area contributed by atoms with Crippen LogP contribution in [0.15, 0.2) is 0 Å². The first-order valence-corrected chi connectivity index (χ1v) is 8.94. The lowest BCUT2D eigenvalue weighted by atomic mass is 10.1. The zero-order chi connectivity index (χ0) is 19.5. The van der Waals surface area contributed by atoms with Crippen LogP contribution in [-0.4, -0.2) is 109 Å². The molecule has 6 nitrogen and oxygen atoms in total. The molecule has 2 amide bonds. The lowest BCUT2D eigenvalue weighted by Crippen LogP contribution is -2.64. The van der Waals surface area contributed by atoms with Crippen LogP contribution in [0.25, 0.3) is 0 Å². The predicted molar refractivity (Wildman–Crippen MR) is 87.3 cm³/mol. The second-order valence-corrected chi connectivity index (χ2v) is 6.60. The van der Waals surface area contributed by atoms with E-state index in [-0.39, 0.29) is 26.2 Å². The molecule has 26 heavy (non-hydrogen) atoms. The van der Waals surface area contributed by atoms with Gasteiger partial charge in [0.05, 0.1) is 0 Å². The third kappa shape index (κ3) is 3.95. The molecule has 2 heterocycles. The zero-order valence-corrected chi connectivity index (χ0v) is 15.2. The third-order valence-corrected chi connectivity index (χ3v) is 5.14. The maximum Gasteiger partial charge on any atom is 0.395 e. The molecular formula is C16H26F4N4O2. The molecule has 150 valence electrons. The Balaban J connectivity index is 2.05. The fourth-order valence-corrected chi connectivity index (χ4v) is 3.20. The van der Waals surface area contributed by atoms with Crippen LogP contribution in [0.4, 0.5) is 17.6 Å². The Morgan fingerprint density at radius 1 is 0.654 bits per heavy atom. The van der Waals surface area contributed by atoms with E-state index in [0.717, 1.165) is 9.80 Å². The number of hydrogen-bond acceptors (Lipinski definition) is 4. The van der Waals surface area contributed by atoms with Crippen molar-refractivity contribution in [2.75, 3.05) is 65.4 Å². The van der Waals surface area contributed by atoms with Crippen molar-refractivity contribution in [3.05, 3.63) is 0 Å². The number of halogens is 4. The van der Waals surface area contributed by atoms with Gasteiger partial charge >= 0.3 is 11.8 Å². The Hall–Kier alpha value is -1.42. The van der Waals surface area contributed by atoms with Crippen molar-refractivity contribution in [2.24, 2.45) is 0 Å². The van der Waals surface area contributed by atoms with E-state index in [9.17, 15) is 27.2 Å². The summed E-state index contributed by atoms with van der Waals surface area (Å²) >= 11 is 0. The van der Waals surface area contributed by atoms with Crippen LogP contribution in [0.5, 0.6) is 0 Å². The van der Waals surface area contributed by atoms with Crippen LogP contribution in [-0.2, 0) is 9.59 Å². The van der Waals surface area contributed by atoms with E-state index >= 15 is 0 Å². The SMILES string of the molecule is CCN1CCN(C(=O)C(F)(F)C(F)(F)C(=O)N2CCN(CC)CC2)CC1. The Morgan fingerprint density at radius 3 is 1.15 bits per heavy atom. The van der Waals surface area contributed by atoms with Crippen LogP contribution >= 0.6 is 0 Å². The van der Waals surface area contributed by atoms with Gasteiger partial charge in [-0.05, 0) is 13.1 Å². The van der Waals surface area contributed by atoms with Gasteiger partial charge in [0.15, 0.2) is 0 Å². The van der Waals surface area contributed by atoms with Crippen LogP contribution in [0.2, 0.25) is 0 Å². The zero-order valence-electron chi connectivity index (χ0n) is 15.2. The molecule has 2 aliphatic rings. The topological polar surface area (TPSA) is 47.1 Å². The molecule has 10 heteroatoms. The minimum Gasteiger partial charge on any atom is -0.335 e. The highest BCUT2D eigenvalue weighted by Gasteiger charge is 2.68. The number of alkyl halides is 4. The summed E-state index contributed by atoms with van der Waals surface area (Å²) < 4.78 is 57.2. The predicted octanol–water partition coefficient (Wildman–Crippen LogP) is 0.585. The molecule has 0 unspecified atom stereocenters. The summed E-state index contributed by atoms with van der Waals surface area (Å²) in [6, 6.07) is 0. The molecule has 0 N–H and O–H groups in total. The van der Waals surface area contributed by atoms with E-state index in [1.807, 2.05) is 23.6 Å². The van der Waals surface area contributed by atoms with Crippen molar-refractivity contribution in [3.63, 3.8) is 0 Å². The number of nitrogens with zero attached hydrogens (tertiary/aromatic N) is 4. The number of rotatable bonds is 5. The van der Waals surface area contributed by atoms with Gasteiger partial charge in [-0.15, -0.1) is 0 Å². The Labute approximate surface area is 150 Å². The number of likely N-dealkylation sites (N-methyl/N-ethyl adjacent to an activating group) is 2. The molecule has 0 aliphatic carbocycles. The second kappa shape index (κ2) is 8.08. The molecule has 0 bridgehead atoms. The quantitative estimate of drug-likeness (QED) is 0.653. The summed E-state index contributed by atoms with van der Waals surface area (Å²) in [5, 5.41) is 0. The third-order valence-electron chi connectivity index (χ3n) is 5.14. The molecule has 2 fully saturated rings. The molecule has 0 atom stereocenters. The smallest absolute Gasteiger partial charge is 0.335 e. The minimum absolute atomic E-state index is 0.0539. The van der Waals surface area contributed by atoms with Crippen molar-refractivity contribution in [3.8, 4) is 0 Å². The average Bonchev–Trinajstić information content (AvgIpc) is 2.66. The van der Waals surface area contributed by atoms with Crippen molar-refractivity contribution >= 4 is 11.8 Å². The van der Waals surface area contributed by atoms with Gasteiger partial charge in [-0.3, -0.25) is 9.59 Å². The van der Waals surface area contributed by atoms with E-state index in [1.54, 1.807) is 0 Å². The highest BCUT2D eigenvalue weighted by molar-refractivity contribution is 5.95. The maximum atomic E-state index is 14.3. The van der Waals surface area contributed by atoms with Gasteiger partial charge in [0.25, 0.3) is 11.8 Å². The van der Waals surface area contributed by atoms with Crippen LogP contribution < -0.4 is 0 Å². The number of amides is 2. The fourth-order valence-electron chi connectivity index (χ4n) is 3.20. The summed E-state index contributed by atoms with van der Waals surface area (Å²) in [5.41, 5.74) is 0. The largest absolute Gasteiger partial charge is 0.395 e. The summed E-state index contributed by atoms with van der Waals surface area (Å²) in [6.45, 7) is 6.32. The number of hydrogen-bond donors (Lipinski definition) is 0. The number of carbonyl (C=O) groups excluding carboxylic acids is 2. The van der Waals surface area contributed by atoms with Crippen LogP contribution in [0, 0.1) is 0 Å². The van der Waals surface area contributed by atoms with Gasteiger partial charge in [-0.2, -0.15) is 17.6 Å². The first-order chi connectivity index (χ1) is 12.1. The molecule has 0 aromatic heterocycles. The van der Waals surface area contributed by atoms with E-state index in [4.69, 9.17) is 0 Å². The summed E-state index contributed by atoms with van der Waals surface area (Å²) in [5.74, 6) is -14.1. The van der Waals surface area contributed by atoms with Crippen molar-refractivity contribution < 1.29 is 27.2 Å². The second-order valence-electron chi connectivity index (χ2n) is 6.60. The number of carbonyl (C=O) groups is 2. The Bertz CT molecular complexity index is 470. The molecule has 2 rings (SSSR count). The van der Waals surface area contributed by atoms with Crippen molar-refractivity contribution in [1.29, 1.82) is 0 Å². The molecular weight excluding hydrogens is 356 g/mol. The lowest BCUT2D eigenvalue weighted by Gasteiger charge is -2.39. The van der Waals surface area contributed by atoms with E-state index in [2.05, 4.69) is 0 Å². The fraction of sp³-hybridized carbons (Fsp3) is 0.875. The van der Waals surface area contributed by atoms with E-state index in [1.165, 1.54) is 0 Å². The van der Waals surface area contributed by atoms with Gasteiger partial charge in [0.1, 0.15) is 0 Å². The van der Waals surface area contributed by atoms with Gasteiger partial charge in [0, 0.05) is 52.4 Å². The molecule has 0 aromatic rings. The van der Waals surface area contributed by atoms with Crippen molar-refractivity contribution in [1.82, 2.24) is 19.6 Å². The molecule has 2 aliphatic heterocycles. The first kappa shape index (κ1) is 20.9. The molecule has 0 saturated carbocycles. The first-order valence-electron chi connectivity index (χ1n) is 8.94. The highest BCUT2D eigenvalue weighted by atomic mass is 19.3. The van der Waals surface area contributed by atoms with Gasteiger partial charge in [-0.25, -0.2) is 0 Å². The standard InChI is InChI=1S/C16H26F4N4O2/c1-3-21-5-9-23(10-6-21)13(25)15(17,18)16(19,20)14(26)24-11-7-22(4-2)8-12-24/h3-12H2,1-2H3. The maximum absolute atomic E-state index is 14.3. The van der Waals surface area contributed by atoms with Gasteiger partial charge < -0.3 is 19.6 Å². The number of piperazine rings is 2. The summed E-state index contributed by atoms with van der Waals surface area (Å²) in [6.07, 6.45) is 0. The van der Waals surface area contributed by atoms with E-state index < -0.39 is 23.7 Å². The molecule has 0 aromatic carbocycles. The highest BCUT2D eigenvalue weighted by Crippen LogP contribution is 2.38. The summed E-state index contributed by atoms with van der Waals surface area (Å²) in [7, 11) is 0. The normalized spacial score (nSPS) is 21.2. The summed E-state index contributed by atoms with van der Waals surface area (Å²) in [4.78, 5) is 29.4. The van der Waals surface area contributed by atoms with Crippen LogP contribution in [0.3, 0.4) is 0 Å². The monoisotopic (exact) mass is 382 g/mol. The Kier molecular flexibility index (Phi) is 6.49. The average molecular weight is 382 g/mol. The van der Waals surface area contributed by atoms with E-state index in [0.29, 0.717) is 39.3 Å². The van der Waals surface area contributed by atoms with Crippen LogP contribution in [0.1, 0.15) is 13.8 Å². The molecule has 2 saturated heterocycles. The molecule has 0 spiro atoms. The Morgan fingerprint density at radius 2 is 0.923 bits per heavy atom. The molecule has 0 radical (unpaired) electrons. The lowest BCUT2D eigenvalue weighted by molar-refractivity contribution is -0.224. The van der Waals surface area contributed by atoms with Gasteiger partial charge in [-0.1, -0.05) is 13.8 Å². The van der Waals surface area contributed by atoms with Crippen molar-refractivity contribution in [2.45, 2.75) is 25.7 Å².